The molecule has 20 heavy (non-hydrogen) atoms. The van der Waals surface area contributed by atoms with Gasteiger partial charge in [0.25, 0.3) is 0 Å². The number of nitrogens with two attached hydrogens (primary N) is 1. The summed E-state index contributed by atoms with van der Waals surface area (Å²) in [6.45, 7) is 1.21. The van der Waals surface area contributed by atoms with Gasteiger partial charge in [0.05, 0.1) is 10.6 Å². The number of nitrogens with one attached hydrogen (secondary N) is 1. The molecule has 0 aliphatic rings. The molecule has 0 aliphatic heterocycles. The normalized spacial score (nSPS) is 10.0. The highest BCUT2D eigenvalue weighted by atomic mass is 32.2. The first-order chi connectivity index (χ1) is 9.76. The Morgan fingerprint density at radius 3 is 2.80 bits per heavy atom. The SMILES string of the molecule is CSc1c(NCCOc2ccccc2)sc(C#N)c1N. The Hall–Kier alpha value is -1.84. The number of nitriles is 1. The summed E-state index contributed by atoms with van der Waals surface area (Å²) in [5.41, 5.74) is 6.48. The quantitative estimate of drug-likeness (QED) is 0.632. The lowest BCUT2D eigenvalue weighted by atomic mass is 10.3. The minimum absolute atomic E-state index is 0.553. The van der Waals surface area contributed by atoms with E-state index in [2.05, 4.69) is 11.4 Å². The Labute approximate surface area is 126 Å². The second kappa shape index (κ2) is 7.08. The van der Waals surface area contributed by atoms with E-state index in [9.17, 15) is 0 Å². The topological polar surface area (TPSA) is 71.1 Å². The lowest BCUT2D eigenvalue weighted by Crippen LogP contribution is -2.11. The first-order valence-electron chi connectivity index (χ1n) is 6.04. The standard InChI is InChI=1S/C14H15N3OS2/c1-19-13-12(16)11(9-15)20-14(13)17-7-8-18-10-5-3-2-4-6-10/h2-6,17H,7-8,16H2,1H3. The fraction of sp³-hybridized carbons (Fsp3) is 0.214. The number of hydrogen-bond donors (Lipinski definition) is 2. The van der Waals surface area contributed by atoms with Gasteiger partial charge in [0.1, 0.15) is 28.3 Å². The summed E-state index contributed by atoms with van der Waals surface area (Å²) >= 11 is 2.93. The molecule has 2 aromatic rings. The Balaban J connectivity index is 1.90. The lowest BCUT2D eigenvalue weighted by Gasteiger charge is -2.08. The third-order valence-corrected chi connectivity index (χ3v) is 4.63. The first-order valence-corrected chi connectivity index (χ1v) is 8.08. The van der Waals surface area contributed by atoms with Crippen LogP contribution in [-0.2, 0) is 0 Å². The van der Waals surface area contributed by atoms with Crippen molar-refractivity contribution in [1.29, 1.82) is 5.26 Å². The van der Waals surface area contributed by atoms with Crippen LogP contribution in [0, 0.1) is 11.3 Å². The van der Waals surface area contributed by atoms with E-state index in [0.717, 1.165) is 15.6 Å². The monoisotopic (exact) mass is 305 g/mol. The van der Waals surface area contributed by atoms with Gasteiger partial charge in [-0.25, -0.2) is 0 Å². The van der Waals surface area contributed by atoms with Crippen LogP contribution < -0.4 is 15.8 Å². The number of ether oxygens (including phenoxy) is 1. The molecule has 1 aromatic carbocycles. The lowest BCUT2D eigenvalue weighted by molar-refractivity contribution is 0.333. The van der Waals surface area contributed by atoms with Crippen LogP contribution in [0.5, 0.6) is 5.75 Å². The van der Waals surface area contributed by atoms with E-state index in [4.69, 9.17) is 15.7 Å². The van der Waals surface area contributed by atoms with Gasteiger partial charge in [0.15, 0.2) is 0 Å². The number of para-hydroxylation sites is 1. The Morgan fingerprint density at radius 2 is 2.15 bits per heavy atom. The molecule has 0 bridgehead atoms. The van der Waals surface area contributed by atoms with E-state index < -0.39 is 0 Å². The summed E-state index contributed by atoms with van der Waals surface area (Å²) in [4.78, 5) is 1.49. The Bertz CT molecular complexity index is 605. The van der Waals surface area contributed by atoms with Crippen molar-refractivity contribution in [2.45, 2.75) is 4.90 Å². The van der Waals surface area contributed by atoms with E-state index in [-0.39, 0.29) is 0 Å². The van der Waals surface area contributed by atoms with Crippen molar-refractivity contribution in [3.8, 4) is 11.8 Å². The molecule has 104 valence electrons. The van der Waals surface area contributed by atoms with Crippen LogP contribution in [0.4, 0.5) is 10.7 Å². The summed E-state index contributed by atoms with van der Waals surface area (Å²) in [5.74, 6) is 0.850. The predicted octanol–water partition coefficient (Wildman–Crippen LogP) is 3.41. The predicted molar refractivity (Wildman–Crippen MR) is 85.7 cm³/mol. The van der Waals surface area contributed by atoms with Crippen LogP contribution in [0.1, 0.15) is 4.88 Å². The van der Waals surface area contributed by atoms with E-state index >= 15 is 0 Å². The maximum Gasteiger partial charge on any atom is 0.131 e. The first kappa shape index (κ1) is 14.6. The van der Waals surface area contributed by atoms with Crippen molar-refractivity contribution >= 4 is 33.8 Å². The van der Waals surface area contributed by atoms with Gasteiger partial charge >= 0.3 is 0 Å². The molecule has 6 heteroatoms. The maximum atomic E-state index is 8.99. The highest BCUT2D eigenvalue weighted by Crippen LogP contribution is 2.40. The van der Waals surface area contributed by atoms with Crippen LogP contribution in [0.3, 0.4) is 0 Å². The molecule has 4 nitrogen and oxygen atoms in total. The van der Waals surface area contributed by atoms with Gasteiger partial charge in [-0.05, 0) is 18.4 Å². The molecule has 0 spiro atoms. The fourth-order valence-electron chi connectivity index (χ4n) is 1.68. The largest absolute Gasteiger partial charge is 0.492 e. The molecule has 0 radical (unpaired) electrons. The second-order valence-corrected chi connectivity index (χ2v) is 5.74. The second-order valence-electron chi connectivity index (χ2n) is 3.91. The third-order valence-electron chi connectivity index (χ3n) is 2.60. The number of anilines is 2. The van der Waals surface area contributed by atoms with Crippen LogP contribution in [0.25, 0.3) is 0 Å². The molecule has 1 heterocycles. The molecule has 0 amide bonds. The van der Waals surface area contributed by atoms with Crippen LogP contribution in [0.15, 0.2) is 35.2 Å². The Kier molecular flexibility index (Phi) is 5.16. The number of benzene rings is 1. The van der Waals surface area contributed by atoms with E-state index in [1.54, 1.807) is 11.8 Å². The number of thioether (sulfide) groups is 1. The highest BCUT2D eigenvalue weighted by Gasteiger charge is 2.14. The fourth-order valence-corrected chi connectivity index (χ4v) is 3.54. The van der Waals surface area contributed by atoms with E-state index in [1.165, 1.54) is 11.3 Å². The van der Waals surface area contributed by atoms with Crippen LogP contribution in [0.2, 0.25) is 0 Å². The zero-order valence-corrected chi connectivity index (χ0v) is 12.7. The average molecular weight is 305 g/mol. The van der Waals surface area contributed by atoms with Crippen LogP contribution in [-0.4, -0.2) is 19.4 Å². The summed E-state index contributed by atoms with van der Waals surface area (Å²) in [6, 6.07) is 11.8. The van der Waals surface area contributed by atoms with Crippen molar-refractivity contribution in [1.82, 2.24) is 0 Å². The third kappa shape index (κ3) is 3.38. The van der Waals surface area contributed by atoms with Crippen molar-refractivity contribution in [3.63, 3.8) is 0 Å². The number of rotatable bonds is 6. The van der Waals surface area contributed by atoms with Crippen molar-refractivity contribution in [2.24, 2.45) is 0 Å². The molecule has 0 saturated carbocycles. The van der Waals surface area contributed by atoms with Gasteiger partial charge in [-0.1, -0.05) is 18.2 Å². The minimum Gasteiger partial charge on any atom is -0.492 e. The zero-order chi connectivity index (χ0) is 14.4. The van der Waals surface area contributed by atoms with Gasteiger partial charge in [-0.3, -0.25) is 0 Å². The minimum atomic E-state index is 0.553. The summed E-state index contributed by atoms with van der Waals surface area (Å²) in [5, 5.41) is 13.2. The molecular formula is C14H15N3OS2. The van der Waals surface area contributed by atoms with Crippen molar-refractivity contribution < 1.29 is 4.74 Å². The average Bonchev–Trinajstić information content (AvgIpc) is 2.80. The molecular weight excluding hydrogens is 290 g/mol. The number of nitrogen functional groups attached to an aromatic ring is 1. The molecule has 0 aliphatic carbocycles. The van der Waals surface area contributed by atoms with Gasteiger partial charge in [-0.2, -0.15) is 5.26 Å². The van der Waals surface area contributed by atoms with Gasteiger partial charge in [0.2, 0.25) is 0 Å². The number of thiophene rings is 1. The zero-order valence-electron chi connectivity index (χ0n) is 11.1. The molecule has 0 fully saturated rings. The maximum absolute atomic E-state index is 8.99. The van der Waals surface area contributed by atoms with Gasteiger partial charge in [-0.15, -0.1) is 23.1 Å². The molecule has 0 unspecified atom stereocenters. The molecule has 2 rings (SSSR count). The number of hydrogen-bond acceptors (Lipinski definition) is 6. The van der Waals surface area contributed by atoms with Crippen molar-refractivity contribution in [3.05, 3.63) is 35.2 Å². The molecule has 1 aromatic heterocycles. The van der Waals surface area contributed by atoms with Crippen molar-refractivity contribution in [2.75, 3.05) is 30.5 Å². The summed E-state index contributed by atoms with van der Waals surface area (Å²) < 4.78 is 5.60. The van der Waals surface area contributed by atoms with Gasteiger partial charge < -0.3 is 15.8 Å². The van der Waals surface area contributed by atoms with Crippen LogP contribution >= 0.6 is 23.1 Å². The van der Waals surface area contributed by atoms with E-state index in [0.29, 0.717) is 23.7 Å². The Morgan fingerprint density at radius 1 is 1.40 bits per heavy atom. The smallest absolute Gasteiger partial charge is 0.131 e. The highest BCUT2D eigenvalue weighted by molar-refractivity contribution is 7.99. The number of nitrogens with zero attached hydrogens (tertiary/aromatic N) is 1. The molecule has 0 atom stereocenters. The summed E-state index contributed by atoms with van der Waals surface area (Å²) in [7, 11) is 0. The summed E-state index contributed by atoms with van der Waals surface area (Å²) in [6.07, 6.45) is 1.95. The van der Waals surface area contributed by atoms with E-state index in [1.807, 2.05) is 36.6 Å². The van der Waals surface area contributed by atoms with Gasteiger partial charge in [0, 0.05) is 6.54 Å². The molecule has 0 saturated heterocycles. The molecule has 3 N–H and O–H groups in total.